The third kappa shape index (κ3) is 5.18. The van der Waals surface area contributed by atoms with Crippen LogP contribution in [0.4, 0.5) is 15.8 Å². The minimum absolute atomic E-state index is 0.0162. The van der Waals surface area contributed by atoms with Crippen molar-refractivity contribution in [3.63, 3.8) is 0 Å². The SMILES string of the molecule is CN1C(=O)[C@H](NC(=O)c2n[nH]c(Cc3ccc(F)cc3)n2)COc2ccc(N3CCC4(CCCO4)CC3)cc21. The Hall–Kier alpha value is -3.99. The first-order valence-corrected chi connectivity index (χ1v) is 13.3. The molecular weight excluding hydrogens is 503 g/mol. The highest BCUT2D eigenvalue weighted by atomic mass is 19.1. The molecule has 11 heteroatoms. The molecule has 39 heavy (non-hydrogen) atoms. The molecule has 3 aromatic rings. The van der Waals surface area contributed by atoms with Crippen LogP contribution in [-0.4, -0.2) is 72.0 Å². The highest BCUT2D eigenvalue weighted by Crippen LogP contribution is 2.39. The van der Waals surface area contributed by atoms with Crippen LogP contribution in [0.5, 0.6) is 5.75 Å². The lowest BCUT2D eigenvalue weighted by Gasteiger charge is -2.40. The molecule has 0 bridgehead atoms. The summed E-state index contributed by atoms with van der Waals surface area (Å²) in [5.74, 6) is -0.253. The number of ether oxygens (including phenoxy) is 2. The van der Waals surface area contributed by atoms with Gasteiger partial charge < -0.3 is 24.6 Å². The smallest absolute Gasteiger partial charge is 0.291 e. The van der Waals surface area contributed by atoms with Crippen LogP contribution in [0, 0.1) is 5.82 Å². The van der Waals surface area contributed by atoms with E-state index in [0.29, 0.717) is 23.7 Å². The van der Waals surface area contributed by atoms with E-state index >= 15 is 0 Å². The van der Waals surface area contributed by atoms with Gasteiger partial charge in [0, 0.05) is 38.9 Å². The lowest BCUT2D eigenvalue weighted by molar-refractivity contribution is -0.120. The van der Waals surface area contributed by atoms with Crippen molar-refractivity contribution in [2.45, 2.75) is 43.7 Å². The van der Waals surface area contributed by atoms with Crippen molar-refractivity contribution in [2.24, 2.45) is 0 Å². The molecule has 204 valence electrons. The van der Waals surface area contributed by atoms with Crippen LogP contribution in [0.1, 0.15) is 47.7 Å². The monoisotopic (exact) mass is 534 g/mol. The number of rotatable bonds is 5. The number of carbonyl (C=O) groups is 2. The van der Waals surface area contributed by atoms with Crippen LogP contribution < -0.4 is 19.9 Å². The molecule has 2 aromatic carbocycles. The number of piperidine rings is 1. The number of aromatic nitrogens is 3. The van der Waals surface area contributed by atoms with Crippen molar-refractivity contribution in [2.75, 3.05) is 43.2 Å². The van der Waals surface area contributed by atoms with Gasteiger partial charge in [-0.1, -0.05) is 12.1 Å². The number of fused-ring (bicyclic) bond motifs is 1. The number of nitrogens with one attached hydrogen (secondary N) is 2. The second-order valence-corrected chi connectivity index (χ2v) is 10.4. The van der Waals surface area contributed by atoms with Crippen molar-refractivity contribution in [1.82, 2.24) is 20.5 Å². The summed E-state index contributed by atoms with van der Waals surface area (Å²) in [7, 11) is 1.68. The maximum atomic E-state index is 13.3. The van der Waals surface area contributed by atoms with Gasteiger partial charge in [-0.3, -0.25) is 14.7 Å². The quantitative estimate of drug-likeness (QED) is 0.518. The van der Waals surface area contributed by atoms with E-state index < -0.39 is 11.9 Å². The molecule has 2 amide bonds. The summed E-state index contributed by atoms with van der Waals surface area (Å²) < 4.78 is 25.2. The van der Waals surface area contributed by atoms with Crippen molar-refractivity contribution in [1.29, 1.82) is 0 Å². The first-order valence-electron chi connectivity index (χ1n) is 13.3. The van der Waals surface area contributed by atoms with Crippen LogP contribution in [0.3, 0.4) is 0 Å². The molecule has 3 aliphatic rings. The van der Waals surface area contributed by atoms with E-state index in [0.717, 1.165) is 56.6 Å². The Balaban J connectivity index is 1.10. The Bertz CT molecular complexity index is 1360. The van der Waals surface area contributed by atoms with E-state index in [2.05, 4.69) is 25.4 Å². The van der Waals surface area contributed by atoms with E-state index in [9.17, 15) is 14.0 Å². The van der Waals surface area contributed by atoms with Crippen molar-refractivity contribution >= 4 is 23.2 Å². The molecule has 4 heterocycles. The van der Waals surface area contributed by atoms with Crippen LogP contribution in [0.15, 0.2) is 42.5 Å². The predicted molar refractivity (Wildman–Crippen MR) is 142 cm³/mol. The van der Waals surface area contributed by atoms with E-state index in [1.165, 1.54) is 17.0 Å². The number of likely N-dealkylation sites (N-methyl/N-ethyl adjacent to an activating group) is 1. The first kappa shape index (κ1) is 25.3. The van der Waals surface area contributed by atoms with Crippen LogP contribution in [0.2, 0.25) is 0 Å². The second-order valence-electron chi connectivity index (χ2n) is 10.4. The molecule has 2 N–H and O–H groups in total. The Morgan fingerprint density at radius 2 is 1.97 bits per heavy atom. The molecule has 0 radical (unpaired) electrons. The number of halogens is 1. The first-order chi connectivity index (χ1) is 18.9. The number of aromatic amines is 1. The number of nitrogens with zero attached hydrogens (tertiary/aromatic N) is 4. The number of hydrogen-bond acceptors (Lipinski definition) is 7. The molecule has 1 atom stereocenters. The zero-order valence-electron chi connectivity index (χ0n) is 21.8. The molecule has 1 spiro atoms. The zero-order chi connectivity index (χ0) is 27.0. The topological polar surface area (TPSA) is 113 Å². The largest absolute Gasteiger partial charge is 0.489 e. The Morgan fingerprint density at radius 1 is 1.18 bits per heavy atom. The molecule has 1 aromatic heterocycles. The van der Waals surface area contributed by atoms with Gasteiger partial charge in [-0.25, -0.2) is 9.37 Å². The highest BCUT2D eigenvalue weighted by Gasteiger charge is 2.39. The fourth-order valence-electron chi connectivity index (χ4n) is 5.60. The van der Waals surface area contributed by atoms with Gasteiger partial charge in [0.05, 0.1) is 11.3 Å². The summed E-state index contributed by atoms with van der Waals surface area (Å²) in [5, 5.41) is 9.43. The number of hydrogen-bond donors (Lipinski definition) is 2. The third-order valence-corrected chi connectivity index (χ3v) is 7.89. The number of amides is 2. The van der Waals surface area contributed by atoms with Gasteiger partial charge in [-0.15, -0.1) is 5.10 Å². The average molecular weight is 535 g/mol. The summed E-state index contributed by atoms with van der Waals surface area (Å²) in [6.07, 6.45) is 4.62. The fourth-order valence-corrected chi connectivity index (χ4v) is 5.60. The van der Waals surface area contributed by atoms with Crippen molar-refractivity contribution < 1.29 is 23.5 Å². The highest BCUT2D eigenvalue weighted by molar-refractivity contribution is 6.02. The van der Waals surface area contributed by atoms with Crippen LogP contribution >= 0.6 is 0 Å². The van der Waals surface area contributed by atoms with E-state index in [1.807, 2.05) is 18.2 Å². The summed E-state index contributed by atoms with van der Waals surface area (Å²) in [6.45, 7) is 2.64. The van der Waals surface area contributed by atoms with Gasteiger partial charge in [0.15, 0.2) is 0 Å². The molecule has 0 saturated carbocycles. The number of benzene rings is 2. The number of anilines is 2. The van der Waals surface area contributed by atoms with Crippen molar-refractivity contribution in [3.05, 3.63) is 65.5 Å². The van der Waals surface area contributed by atoms with E-state index in [-0.39, 0.29) is 29.8 Å². The second kappa shape index (κ2) is 10.3. The zero-order valence-corrected chi connectivity index (χ0v) is 21.8. The molecule has 0 unspecified atom stereocenters. The summed E-state index contributed by atoms with van der Waals surface area (Å²) in [4.78, 5) is 34.3. The van der Waals surface area contributed by atoms with Gasteiger partial charge in [0.25, 0.3) is 11.8 Å². The van der Waals surface area contributed by atoms with Gasteiger partial charge >= 0.3 is 0 Å². The Labute approximate surface area is 225 Å². The number of carbonyl (C=O) groups excluding carboxylic acids is 2. The molecule has 3 aliphatic heterocycles. The molecule has 2 fully saturated rings. The average Bonchev–Trinajstić information content (AvgIpc) is 3.59. The molecule has 0 aliphatic carbocycles. The molecule has 10 nitrogen and oxygen atoms in total. The fraction of sp³-hybridized carbons (Fsp3) is 0.429. The normalized spacial score (nSPS) is 20.5. The van der Waals surface area contributed by atoms with Gasteiger partial charge in [-0.2, -0.15) is 0 Å². The standard InChI is InChI=1S/C28H31FN6O4/c1-34-22-16-20(35-12-10-28(11-13-35)9-2-14-39-28)7-8-23(22)38-17-21(27(34)37)30-26(36)25-31-24(32-33-25)15-18-3-5-19(29)6-4-18/h3-8,16,21H,2,9-15,17H2,1H3,(H,30,36)(H,31,32,33)/t21-/m1/s1. The molecule has 6 rings (SSSR count). The Morgan fingerprint density at radius 3 is 2.72 bits per heavy atom. The summed E-state index contributed by atoms with van der Waals surface area (Å²) in [6, 6.07) is 11.0. The summed E-state index contributed by atoms with van der Waals surface area (Å²) in [5.41, 5.74) is 2.54. The van der Waals surface area contributed by atoms with Crippen molar-refractivity contribution in [3.8, 4) is 5.75 Å². The molecule has 2 saturated heterocycles. The minimum atomic E-state index is -0.910. The summed E-state index contributed by atoms with van der Waals surface area (Å²) >= 11 is 0. The van der Waals surface area contributed by atoms with E-state index in [4.69, 9.17) is 9.47 Å². The van der Waals surface area contributed by atoms with E-state index in [1.54, 1.807) is 19.2 Å². The lowest BCUT2D eigenvalue weighted by Crippen LogP contribution is -2.49. The molecular formula is C28H31FN6O4. The van der Waals surface area contributed by atoms with Crippen LogP contribution in [0.25, 0.3) is 0 Å². The minimum Gasteiger partial charge on any atom is -0.489 e. The maximum Gasteiger partial charge on any atom is 0.291 e. The van der Waals surface area contributed by atoms with Gasteiger partial charge in [0.2, 0.25) is 5.82 Å². The van der Waals surface area contributed by atoms with Gasteiger partial charge in [0.1, 0.15) is 30.0 Å². The lowest BCUT2D eigenvalue weighted by atomic mass is 9.88. The predicted octanol–water partition coefficient (Wildman–Crippen LogP) is 2.84. The third-order valence-electron chi connectivity index (χ3n) is 7.89. The maximum absolute atomic E-state index is 13.3. The van der Waals surface area contributed by atoms with Crippen LogP contribution in [-0.2, 0) is 16.0 Å². The Kier molecular flexibility index (Phi) is 6.68. The number of H-pyrrole nitrogens is 1. The van der Waals surface area contributed by atoms with Gasteiger partial charge in [-0.05, 0) is 61.6 Å².